The summed E-state index contributed by atoms with van der Waals surface area (Å²) < 4.78 is 0. The first-order valence-electron chi connectivity index (χ1n) is 9.96. The Labute approximate surface area is 189 Å². The molecule has 1 atom stereocenters. The Morgan fingerprint density at radius 3 is 2.55 bits per heavy atom. The Morgan fingerprint density at radius 1 is 1.06 bits per heavy atom. The molecule has 4 rings (SSSR count). The molecule has 0 radical (unpaired) electrons. The molecule has 0 aliphatic carbocycles. The fraction of sp³-hybridized carbons (Fsp3) is 0.273. The van der Waals surface area contributed by atoms with Crippen LogP contribution in [0.4, 0.5) is 16.2 Å². The molecular weight excluding hydrogens is 434 g/mol. The second kappa shape index (κ2) is 9.03. The van der Waals surface area contributed by atoms with E-state index in [1.807, 2.05) is 50.2 Å². The zero-order valence-corrected chi connectivity index (χ0v) is 18.8. The number of hydrogen-bond donors (Lipinski definition) is 2. The van der Waals surface area contributed by atoms with Crippen molar-refractivity contribution in [2.75, 3.05) is 17.2 Å². The maximum absolute atomic E-state index is 12.9. The summed E-state index contributed by atoms with van der Waals surface area (Å²) in [6.45, 7) is 4.51. The van der Waals surface area contributed by atoms with Gasteiger partial charge in [-0.2, -0.15) is 0 Å². The zero-order valence-electron chi connectivity index (χ0n) is 17.2. The van der Waals surface area contributed by atoms with Crippen molar-refractivity contribution in [3.63, 3.8) is 0 Å². The topological polar surface area (TPSA) is 87.2 Å². The highest BCUT2D eigenvalue weighted by atomic mass is 35.5. The van der Waals surface area contributed by atoms with Crippen LogP contribution in [0.2, 0.25) is 5.02 Å². The van der Waals surface area contributed by atoms with Crippen molar-refractivity contribution in [2.45, 2.75) is 32.7 Å². The Bertz CT molecular complexity index is 1120. The van der Waals surface area contributed by atoms with E-state index in [1.165, 1.54) is 11.3 Å². The number of aromatic nitrogens is 2. The smallest absolute Gasteiger partial charge is 0.320 e. The van der Waals surface area contributed by atoms with E-state index in [1.54, 1.807) is 11.0 Å². The summed E-state index contributed by atoms with van der Waals surface area (Å²) >= 11 is 7.38. The minimum atomic E-state index is -0.309. The third-order valence-electron chi connectivity index (χ3n) is 5.17. The molecule has 0 saturated carbocycles. The molecule has 9 heteroatoms. The first-order chi connectivity index (χ1) is 14.9. The number of amides is 3. The van der Waals surface area contributed by atoms with E-state index in [-0.39, 0.29) is 23.0 Å². The van der Waals surface area contributed by atoms with Gasteiger partial charge in [-0.15, -0.1) is 10.2 Å². The predicted octanol–water partition coefficient (Wildman–Crippen LogP) is 5.43. The number of nitrogens with one attached hydrogen (secondary N) is 2. The van der Waals surface area contributed by atoms with Gasteiger partial charge >= 0.3 is 6.03 Å². The van der Waals surface area contributed by atoms with Crippen molar-refractivity contribution in [3.8, 4) is 0 Å². The Morgan fingerprint density at radius 2 is 1.81 bits per heavy atom. The van der Waals surface area contributed by atoms with Gasteiger partial charge < -0.3 is 15.5 Å². The van der Waals surface area contributed by atoms with Crippen molar-refractivity contribution in [2.24, 2.45) is 0 Å². The van der Waals surface area contributed by atoms with Crippen molar-refractivity contribution in [1.29, 1.82) is 0 Å². The summed E-state index contributed by atoms with van der Waals surface area (Å²) in [6.07, 6.45) is 1.63. The van der Waals surface area contributed by atoms with Gasteiger partial charge in [0.1, 0.15) is 5.01 Å². The summed E-state index contributed by atoms with van der Waals surface area (Å²) in [5.41, 5.74) is 3.40. The van der Waals surface area contributed by atoms with Gasteiger partial charge in [0.25, 0.3) is 5.91 Å². The molecule has 2 heterocycles. The fourth-order valence-electron chi connectivity index (χ4n) is 3.41. The molecule has 2 aromatic carbocycles. The van der Waals surface area contributed by atoms with Crippen LogP contribution in [0.1, 0.15) is 44.8 Å². The Hall–Kier alpha value is -2.97. The average molecular weight is 456 g/mol. The number of rotatable bonds is 4. The molecule has 0 bridgehead atoms. The van der Waals surface area contributed by atoms with E-state index < -0.39 is 0 Å². The van der Waals surface area contributed by atoms with E-state index >= 15 is 0 Å². The van der Waals surface area contributed by atoms with Crippen molar-refractivity contribution >= 4 is 46.3 Å². The van der Waals surface area contributed by atoms with Crippen LogP contribution in [0.5, 0.6) is 0 Å². The minimum Gasteiger partial charge on any atom is -0.320 e. The van der Waals surface area contributed by atoms with Gasteiger partial charge in [-0.25, -0.2) is 4.79 Å². The third kappa shape index (κ3) is 4.86. The van der Waals surface area contributed by atoms with Crippen LogP contribution in [0.25, 0.3) is 0 Å². The number of benzene rings is 2. The van der Waals surface area contributed by atoms with E-state index in [4.69, 9.17) is 11.6 Å². The molecule has 1 saturated heterocycles. The molecule has 1 aliphatic heterocycles. The summed E-state index contributed by atoms with van der Waals surface area (Å²) in [5.74, 6) is -0.309. The maximum Gasteiger partial charge on any atom is 0.322 e. The number of hydrogen-bond acceptors (Lipinski definition) is 5. The number of urea groups is 1. The quantitative estimate of drug-likeness (QED) is 0.549. The zero-order chi connectivity index (χ0) is 22.0. The van der Waals surface area contributed by atoms with Gasteiger partial charge in [-0.05, 0) is 56.5 Å². The lowest BCUT2D eigenvalue weighted by molar-refractivity contribution is 0.102. The van der Waals surface area contributed by atoms with E-state index in [9.17, 15) is 9.59 Å². The lowest BCUT2D eigenvalue weighted by atomic mass is 10.2. The van der Waals surface area contributed by atoms with E-state index in [2.05, 4.69) is 20.8 Å². The lowest BCUT2D eigenvalue weighted by Gasteiger charge is -2.23. The van der Waals surface area contributed by atoms with E-state index in [0.717, 1.165) is 24.0 Å². The molecule has 1 aromatic heterocycles. The summed E-state index contributed by atoms with van der Waals surface area (Å²) in [6, 6.07) is 12.5. The van der Waals surface area contributed by atoms with Crippen molar-refractivity contribution < 1.29 is 9.59 Å². The predicted molar refractivity (Wildman–Crippen MR) is 123 cm³/mol. The number of nitrogens with zero attached hydrogens (tertiary/aromatic N) is 3. The van der Waals surface area contributed by atoms with Gasteiger partial charge in [0, 0.05) is 22.9 Å². The lowest BCUT2D eigenvalue weighted by Crippen LogP contribution is -2.34. The molecule has 1 aliphatic rings. The van der Waals surface area contributed by atoms with Crippen LogP contribution in [-0.2, 0) is 0 Å². The van der Waals surface area contributed by atoms with Crippen LogP contribution in [0, 0.1) is 13.8 Å². The number of halogens is 1. The van der Waals surface area contributed by atoms with E-state index in [0.29, 0.717) is 27.9 Å². The molecule has 31 heavy (non-hydrogen) atoms. The average Bonchev–Trinajstić information content (AvgIpc) is 3.42. The molecule has 2 N–H and O–H groups in total. The molecule has 0 unspecified atom stereocenters. The van der Waals surface area contributed by atoms with Gasteiger partial charge in [0.15, 0.2) is 0 Å². The highest BCUT2D eigenvalue weighted by molar-refractivity contribution is 7.13. The van der Waals surface area contributed by atoms with Gasteiger partial charge in [0.05, 0.1) is 6.04 Å². The molecule has 0 spiro atoms. The first kappa shape index (κ1) is 21.3. The first-order valence-corrected chi connectivity index (χ1v) is 11.2. The second-order valence-corrected chi connectivity index (χ2v) is 8.93. The number of carbonyl (C=O) groups is 2. The molecule has 3 amide bonds. The van der Waals surface area contributed by atoms with Gasteiger partial charge in [0.2, 0.25) is 5.01 Å². The molecule has 3 aromatic rings. The summed E-state index contributed by atoms with van der Waals surface area (Å²) in [4.78, 5) is 27.1. The van der Waals surface area contributed by atoms with Crippen molar-refractivity contribution in [1.82, 2.24) is 15.1 Å². The highest BCUT2D eigenvalue weighted by Gasteiger charge is 2.33. The maximum atomic E-state index is 12.9. The normalized spacial score (nSPS) is 15.7. The van der Waals surface area contributed by atoms with Crippen LogP contribution < -0.4 is 10.6 Å². The minimum absolute atomic E-state index is 0.209. The standard InChI is InChI=1S/C22H22ClN5O2S/c1-13-5-8-15(9-6-13)24-19(29)21-27-26-20(31-21)18-4-3-11-28(18)22(30)25-16-10-7-14(2)17(23)12-16/h5-10,12,18H,3-4,11H2,1-2H3,(H,24,29)(H,25,30)/t18-/m1/s1. The van der Waals surface area contributed by atoms with Gasteiger partial charge in [-0.3, -0.25) is 4.79 Å². The van der Waals surface area contributed by atoms with Crippen LogP contribution in [-0.4, -0.2) is 33.6 Å². The number of likely N-dealkylation sites (tertiary alicyclic amines) is 1. The Balaban J connectivity index is 1.44. The largest absolute Gasteiger partial charge is 0.322 e. The van der Waals surface area contributed by atoms with Gasteiger partial charge in [-0.1, -0.05) is 46.7 Å². The molecule has 7 nitrogen and oxygen atoms in total. The van der Waals surface area contributed by atoms with Crippen LogP contribution in [0.15, 0.2) is 42.5 Å². The SMILES string of the molecule is Cc1ccc(NC(=O)c2nnc([C@H]3CCCN3C(=O)Nc3ccc(C)c(Cl)c3)s2)cc1. The number of aryl methyl sites for hydroxylation is 2. The Kier molecular flexibility index (Phi) is 6.20. The molecule has 160 valence electrons. The molecular formula is C22H22ClN5O2S. The van der Waals surface area contributed by atoms with Crippen molar-refractivity contribution in [3.05, 3.63) is 68.6 Å². The molecule has 1 fully saturated rings. The monoisotopic (exact) mass is 455 g/mol. The second-order valence-electron chi connectivity index (χ2n) is 7.51. The fourth-order valence-corrected chi connectivity index (χ4v) is 4.48. The third-order valence-corrected chi connectivity index (χ3v) is 6.60. The highest BCUT2D eigenvalue weighted by Crippen LogP contribution is 2.34. The van der Waals surface area contributed by atoms with Crippen LogP contribution in [0.3, 0.4) is 0 Å². The number of carbonyl (C=O) groups excluding carboxylic acids is 2. The number of anilines is 2. The summed E-state index contributed by atoms with van der Waals surface area (Å²) in [5, 5.41) is 15.5. The van der Waals surface area contributed by atoms with Crippen LogP contribution >= 0.6 is 22.9 Å². The summed E-state index contributed by atoms with van der Waals surface area (Å²) in [7, 11) is 0.